The van der Waals surface area contributed by atoms with Gasteiger partial charge >= 0.3 is 0 Å². The number of hydrogen-bond acceptors (Lipinski definition) is 6. The van der Waals surface area contributed by atoms with Gasteiger partial charge in [0.05, 0.1) is 33.3 Å². The summed E-state index contributed by atoms with van der Waals surface area (Å²) >= 11 is 0. The van der Waals surface area contributed by atoms with E-state index < -0.39 is 0 Å². The van der Waals surface area contributed by atoms with Crippen molar-refractivity contribution in [3.05, 3.63) is 77.9 Å². The monoisotopic (exact) mass is 489 g/mol. The number of rotatable bonds is 8. The summed E-state index contributed by atoms with van der Waals surface area (Å²) in [6, 6.07) is 20.4. The Hall–Kier alpha value is -4.20. The van der Waals surface area contributed by atoms with E-state index in [1.54, 1.807) is 32.4 Å². The van der Waals surface area contributed by atoms with Gasteiger partial charge in [0.25, 0.3) is 5.91 Å². The Kier molecular flexibility index (Phi) is 7.95. The second-order valence-electron chi connectivity index (χ2n) is 8.46. The van der Waals surface area contributed by atoms with E-state index in [2.05, 4.69) is 10.2 Å². The molecular formula is C28H31N3O5. The maximum atomic E-state index is 12.8. The van der Waals surface area contributed by atoms with E-state index in [9.17, 15) is 9.59 Å². The fourth-order valence-electron chi connectivity index (χ4n) is 4.18. The molecule has 4 rings (SSSR count). The number of hydrogen-bond donors (Lipinski definition) is 1. The van der Waals surface area contributed by atoms with Crippen LogP contribution in [0.15, 0.2) is 66.7 Å². The smallest absolute Gasteiger partial charge is 0.259 e. The minimum atomic E-state index is -0.258. The first-order valence-corrected chi connectivity index (χ1v) is 11.8. The Labute approximate surface area is 211 Å². The zero-order valence-corrected chi connectivity index (χ0v) is 20.8. The fraction of sp³-hybridized carbons (Fsp3) is 0.286. The Balaban J connectivity index is 1.30. The second kappa shape index (κ2) is 11.5. The third-order valence-corrected chi connectivity index (χ3v) is 6.29. The molecule has 1 aliphatic rings. The predicted molar refractivity (Wildman–Crippen MR) is 139 cm³/mol. The first-order valence-electron chi connectivity index (χ1n) is 11.8. The molecule has 0 unspecified atom stereocenters. The number of nitrogens with zero attached hydrogens (tertiary/aromatic N) is 2. The van der Waals surface area contributed by atoms with Crippen LogP contribution in [-0.4, -0.2) is 64.2 Å². The van der Waals surface area contributed by atoms with Crippen molar-refractivity contribution < 1.29 is 23.8 Å². The van der Waals surface area contributed by atoms with Gasteiger partial charge in [-0.05, 0) is 54.1 Å². The fourth-order valence-corrected chi connectivity index (χ4v) is 4.18. The number of carbonyl (C=O) groups excluding carboxylic acids is 2. The maximum Gasteiger partial charge on any atom is 0.259 e. The Morgan fingerprint density at radius 1 is 0.778 bits per heavy atom. The number of benzene rings is 3. The number of carbonyl (C=O) groups is 2. The van der Waals surface area contributed by atoms with E-state index in [4.69, 9.17) is 14.2 Å². The molecule has 1 fully saturated rings. The maximum absolute atomic E-state index is 12.8. The van der Waals surface area contributed by atoms with Crippen molar-refractivity contribution in [3.8, 4) is 17.2 Å². The van der Waals surface area contributed by atoms with Gasteiger partial charge in [0, 0.05) is 43.6 Å². The van der Waals surface area contributed by atoms with Crippen LogP contribution in [0.25, 0.3) is 0 Å². The van der Waals surface area contributed by atoms with E-state index in [0.717, 1.165) is 30.1 Å². The quantitative estimate of drug-likeness (QED) is 0.518. The van der Waals surface area contributed by atoms with Gasteiger partial charge in [-0.25, -0.2) is 0 Å². The number of nitrogens with one attached hydrogen (secondary N) is 1. The first-order chi connectivity index (χ1) is 17.5. The van der Waals surface area contributed by atoms with E-state index in [1.165, 1.54) is 7.11 Å². The molecular weight excluding hydrogens is 458 g/mol. The van der Waals surface area contributed by atoms with E-state index in [1.807, 2.05) is 53.4 Å². The lowest BCUT2D eigenvalue weighted by molar-refractivity contribution is -0.130. The lowest BCUT2D eigenvalue weighted by atomic mass is 10.1. The average molecular weight is 490 g/mol. The summed E-state index contributed by atoms with van der Waals surface area (Å²) in [5.41, 5.74) is 3.15. The Morgan fingerprint density at radius 2 is 1.42 bits per heavy atom. The molecule has 188 valence electrons. The molecule has 0 saturated carbocycles. The average Bonchev–Trinajstić information content (AvgIpc) is 2.93. The molecule has 0 bridgehead atoms. The molecule has 8 nitrogen and oxygen atoms in total. The van der Waals surface area contributed by atoms with Gasteiger partial charge in [-0.2, -0.15) is 0 Å². The molecule has 3 aromatic carbocycles. The van der Waals surface area contributed by atoms with E-state index >= 15 is 0 Å². The van der Waals surface area contributed by atoms with Crippen molar-refractivity contribution in [1.29, 1.82) is 0 Å². The molecule has 3 aromatic rings. The second-order valence-corrected chi connectivity index (χ2v) is 8.46. The molecule has 0 aliphatic carbocycles. The van der Waals surface area contributed by atoms with Crippen molar-refractivity contribution in [2.45, 2.75) is 6.42 Å². The summed E-state index contributed by atoms with van der Waals surface area (Å²) in [5.74, 6) is 1.72. The molecule has 0 radical (unpaired) electrons. The highest BCUT2D eigenvalue weighted by Gasteiger charge is 2.21. The molecule has 1 saturated heterocycles. The minimum absolute atomic E-state index is 0.131. The van der Waals surface area contributed by atoms with Crippen LogP contribution in [0.1, 0.15) is 15.9 Å². The van der Waals surface area contributed by atoms with Crippen LogP contribution < -0.4 is 24.4 Å². The number of anilines is 2. The minimum Gasteiger partial charge on any atom is -0.497 e. The van der Waals surface area contributed by atoms with Gasteiger partial charge in [0.1, 0.15) is 17.2 Å². The van der Waals surface area contributed by atoms with Crippen molar-refractivity contribution in [3.63, 3.8) is 0 Å². The van der Waals surface area contributed by atoms with Crippen molar-refractivity contribution in [2.24, 2.45) is 0 Å². The number of piperazine rings is 1. The molecule has 8 heteroatoms. The van der Waals surface area contributed by atoms with E-state index in [0.29, 0.717) is 42.3 Å². The van der Waals surface area contributed by atoms with Crippen LogP contribution in [0.3, 0.4) is 0 Å². The van der Waals surface area contributed by atoms with Gasteiger partial charge in [-0.15, -0.1) is 0 Å². The van der Waals surface area contributed by atoms with Crippen LogP contribution in [0.4, 0.5) is 11.4 Å². The third-order valence-electron chi connectivity index (χ3n) is 6.29. The molecule has 1 aliphatic heterocycles. The summed E-state index contributed by atoms with van der Waals surface area (Å²) in [4.78, 5) is 29.6. The van der Waals surface area contributed by atoms with Crippen molar-refractivity contribution in [2.75, 3.05) is 57.7 Å². The predicted octanol–water partition coefficient (Wildman–Crippen LogP) is 3.86. The van der Waals surface area contributed by atoms with Gasteiger partial charge in [-0.1, -0.05) is 12.1 Å². The normalized spacial score (nSPS) is 13.2. The van der Waals surface area contributed by atoms with Crippen LogP contribution in [-0.2, 0) is 11.2 Å². The van der Waals surface area contributed by atoms with Crippen LogP contribution in [0, 0.1) is 0 Å². The summed E-state index contributed by atoms with van der Waals surface area (Å²) in [5, 5.41) is 2.91. The molecule has 0 aromatic heterocycles. The van der Waals surface area contributed by atoms with Crippen molar-refractivity contribution >= 4 is 23.2 Å². The van der Waals surface area contributed by atoms with Crippen LogP contribution in [0.5, 0.6) is 17.2 Å². The standard InChI is InChI=1S/C28H31N3O5/c1-34-23-10-4-20(5-11-23)18-27(32)31-16-14-30(15-17-31)22-8-6-21(7-9-22)29-28(33)25-13-12-24(35-2)19-26(25)36-3/h4-13,19H,14-18H2,1-3H3,(H,29,33). The number of ether oxygens (including phenoxy) is 3. The molecule has 0 spiro atoms. The Morgan fingerprint density at radius 3 is 2.03 bits per heavy atom. The summed E-state index contributed by atoms with van der Waals surface area (Å²) in [7, 11) is 4.71. The number of methoxy groups -OCH3 is 3. The largest absolute Gasteiger partial charge is 0.497 e. The molecule has 1 N–H and O–H groups in total. The topological polar surface area (TPSA) is 80.3 Å². The highest BCUT2D eigenvalue weighted by molar-refractivity contribution is 6.06. The molecule has 36 heavy (non-hydrogen) atoms. The number of amides is 2. The molecule has 1 heterocycles. The lowest BCUT2D eigenvalue weighted by Gasteiger charge is -2.36. The van der Waals surface area contributed by atoms with Gasteiger partial charge in [0.2, 0.25) is 5.91 Å². The van der Waals surface area contributed by atoms with Gasteiger partial charge < -0.3 is 29.3 Å². The van der Waals surface area contributed by atoms with E-state index in [-0.39, 0.29) is 11.8 Å². The van der Waals surface area contributed by atoms with Crippen LogP contribution in [0.2, 0.25) is 0 Å². The highest BCUT2D eigenvalue weighted by Crippen LogP contribution is 2.26. The van der Waals surface area contributed by atoms with Gasteiger partial charge in [0.15, 0.2) is 0 Å². The highest BCUT2D eigenvalue weighted by atomic mass is 16.5. The van der Waals surface area contributed by atoms with Crippen molar-refractivity contribution in [1.82, 2.24) is 4.90 Å². The van der Waals surface area contributed by atoms with Gasteiger partial charge in [-0.3, -0.25) is 9.59 Å². The first kappa shape index (κ1) is 24.9. The summed E-state index contributed by atoms with van der Waals surface area (Å²) in [6.07, 6.45) is 0.386. The summed E-state index contributed by atoms with van der Waals surface area (Å²) < 4.78 is 15.7. The lowest BCUT2D eigenvalue weighted by Crippen LogP contribution is -2.49. The summed E-state index contributed by atoms with van der Waals surface area (Å²) in [6.45, 7) is 2.85. The Bertz CT molecular complexity index is 1190. The zero-order valence-electron chi connectivity index (χ0n) is 20.8. The third kappa shape index (κ3) is 5.89. The SMILES string of the molecule is COc1ccc(CC(=O)N2CCN(c3ccc(NC(=O)c4ccc(OC)cc4OC)cc3)CC2)cc1. The molecule has 2 amide bonds. The molecule has 0 atom stereocenters. The zero-order chi connectivity index (χ0) is 25.5. The van der Waals surface area contributed by atoms with Crippen LogP contribution >= 0.6 is 0 Å².